The fourth-order valence-electron chi connectivity index (χ4n) is 4.49. The molecule has 162 valence electrons. The molecule has 4 aromatic rings. The van der Waals surface area contributed by atoms with Crippen LogP contribution >= 0.6 is 0 Å². The highest BCUT2D eigenvalue weighted by molar-refractivity contribution is 5.55. The van der Waals surface area contributed by atoms with Gasteiger partial charge >= 0.3 is 0 Å². The topological polar surface area (TPSA) is 38.7 Å². The summed E-state index contributed by atoms with van der Waals surface area (Å²) in [5.74, 6) is 1.22. The van der Waals surface area contributed by atoms with E-state index in [9.17, 15) is 0 Å². The Balaban J connectivity index is 1.73. The Labute approximate surface area is 191 Å². The SMILES string of the molecule is CC(C)C(c1ccccc1)c1cccc(-c2cccc(C(c3ccccn3)C(C)C)n2)n1. The van der Waals surface area contributed by atoms with Crippen LogP contribution in [0.25, 0.3) is 11.4 Å². The summed E-state index contributed by atoms with van der Waals surface area (Å²) in [6, 6.07) is 29.3. The van der Waals surface area contributed by atoms with Crippen LogP contribution < -0.4 is 0 Å². The third-order valence-corrected chi connectivity index (χ3v) is 5.94. The van der Waals surface area contributed by atoms with E-state index in [1.165, 1.54) is 5.56 Å². The molecule has 3 heteroatoms. The molecular weight excluding hydrogens is 390 g/mol. The summed E-state index contributed by atoms with van der Waals surface area (Å²) in [5, 5.41) is 0. The Hall–Kier alpha value is -3.33. The zero-order valence-electron chi connectivity index (χ0n) is 19.3. The molecule has 0 aliphatic carbocycles. The molecule has 0 fully saturated rings. The van der Waals surface area contributed by atoms with Gasteiger partial charge in [0, 0.05) is 29.4 Å². The molecule has 2 unspecified atom stereocenters. The second-order valence-electron chi connectivity index (χ2n) is 9.00. The monoisotopic (exact) mass is 421 g/mol. The van der Waals surface area contributed by atoms with Gasteiger partial charge in [-0.05, 0) is 53.8 Å². The number of hydrogen-bond donors (Lipinski definition) is 0. The van der Waals surface area contributed by atoms with Crippen molar-refractivity contribution < 1.29 is 0 Å². The highest BCUT2D eigenvalue weighted by Gasteiger charge is 2.22. The first kappa shape index (κ1) is 21.9. The van der Waals surface area contributed by atoms with Crippen LogP contribution in [0, 0.1) is 11.8 Å². The quantitative estimate of drug-likeness (QED) is 0.319. The summed E-state index contributed by atoms with van der Waals surface area (Å²) in [4.78, 5) is 14.8. The van der Waals surface area contributed by atoms with Gasteiger partial charge in [-0.3, -0.25) is 15.0 Å². The van der Waals surface area contributed by atoms with Gasteiger partial charge in [-0.15, -0.1) is 0 Å². The molecular formula is C29H31N3. The number of hydrogen-bond acceptors (Lipinski definition) is 3. The Morgan fingerprint density at radius 2 is 1.03 bits per heavy atom. The Morgan fingerprint density at radius 1 is 0.500 bits per heavy atom. The van der Waals surface area contributed by atoms with Gasteiger partial charge in [0.1, 0.15) is 0 Å². The van der Waals surface area contributed by atoms with Crippen LogP contribution in [0.2, 0.25) is 0 Å². The number of benzene rings is 1. The Morgan fingerprint density at radius 3 is 1.56 bits per heavy atom. The van der Waals surface area contributed by atoms with E-state index in [-0.39, 0.29) is 11.8 Å². The van der Waals surface area contributed by atoms with Crippen molar-refractivity contribution >= 4 is 0 Å². The lowest BCUT2D eigenvalue weighted by molar-refractivity contribution is 0.541. The van der Waals surface area contributed by atoms with E-state index in [1.54, 1.807) is 0 Å². The predicted molar refractivity (Wildman–Crippen MR) is 132 cm³/mol. The van der Waals surface area contributed by atoms with Crippen LogP contribution in [0.1, 0.15) is 62.2 Å². The van der Waals surface area contributed by atoms with Gasteiger partial charge in [0.2, 0.25) is 0 Å². The van der Waals surface area contributed by atoms with Gasteiger partial charge in [-0.1, -0.05) is 76.2 Å². The van der Waals surface area contributed by atoms with Gasteiger partial charge in [-0.2, -0.15) is 0 Å². The molecule has 0 saturated carbocycles. The van der Waals surface area contributed by atoms with Crippen molar-refractivity contribution in [2.24, 2.45) is 11.8 Å². The van der Waals surface area contributed by atoms with Gasteiger partial charge < -0.3 is 0 Å². The maximum atomic E-state index is 5.08. The molecule has 0 N–H and O–H groups in total. The highest BCUT2D eigenvalue weighted by Crippen LogP contribution is 2.33. The molecule has 4 rings (SSSR count). The summed E-state index contributed by atoms with van der Waals surface area (Å²) < 4.78 is 0. The van der Waals surface area contributed by atoms with Crippen molar-refractivity contribution in [3.05, 3.63) is 114 Å². The number of aromatic nitrogens is 3. The molecule has 3 aromatic heterocycles. The van der Waals surface area contributed by atoms with Crippen LogP contribution in [0.4, 0.5) is 0 Å². The van der Waals surface area contributed by atoms with E-state index in [2.05, 4.69) is 105 Å². The first-order valence-electron chi connectivity index (χ1n) is 11.4. The van der Waals surface area contributed by atoms with Crippen LogP contribution in [-0.2, 0) is 0 Å². The maximum Gasteiger partial charge on any atom is 0.0889 e. The lowest BCUT2D eigenvalue weighted by Crippen LogP contribution is -2.13. The van der Waals surface area contributed by atoms with E-state index in [0.29, 0.717) is 11.8 Å². The zero-order chi connectivity index (χ0) is 22.5. The standard InChI is InChI=1S/C29H31N3/c1-20(2)28(22-12-6-5-7-13-22)26-17-10-15-23(31-26)24-16-11-18-27(32-24)29(21(3)4)25-14-8-9-19-30-25/h5-21,28-29H,1-4H3. The van der Waals surface area contributed by atoms with E-state index < -0.39 is 0 Å². The Bertz CT molecular complexity index is 1040. The summed E-state index contributed by atoms with van der Waals surface area (Å²) in [6.07, 6.45) is 1.86. The average molecular weight is 422 g/mol. The maximum absolute atomic E-state index is 5.08. The molecule has 3 nitrogen and oxygen atoms in total. The van der Waals surface area contributed by atoms with Crippen molar-refractivity contribution in [2.45, 2.75) is 39.5 Å². The minimum atomic E-state index is 0.145. The Kier molecular flexibility index (Phi) is 6.75. The van der Waals surface area contributed by atoms with Crippen molar-refractivity contribution in [2.75, 3.05) is 0 Å². The third kappa shape index (κ3) is 4.77. The second-order valence-corrected chi connectivity index (χ2v) is 9.00. The third-order valence-electron chi connectivity index (χ3n) is 5.94. The molecule has 0 saturated heterocycles. The molecule has 2 atom stereocenters. The summed E-state index contributed by atoms with van der Waals surface area (Å²) in [6.45, 7) is 8.95. The van der Waals surface area contributed by atoms with Crippen molar-refractivity contribution in [1.29, 1.82) is 0 Å². The molecule has 0 aliphatic rings. The van der Waals surface area contributed by atoms with Gasteiger partial charge in [0.25, 0.3) is 0 Å². The minimum absolute atomic E-state index is 0.145. The molecule has 1 aromatic carbocycles. The molecule has 3 heterocycles. The van der Waals surface area contributed by atoms with Crippen LogP contribution in [0.3, 0.4) is 0 Å². The average Bonchev–Trinajstić information content (AvgIpc) is 2.81. The van der Waals surface area contributed by atoms with Crippen LogP contribution in [-0.4, -0.2) is 15.0 Å². The first-order valence-corrected chi connectivity index (χ1v) is 11.4. The van der Waals surface area contributed by atoms with Crippen molar-refractivity contribution in [3.8, 4) is 11.4 Å². The fraction of sp³-hybridized carbons (Fsp3) is 0.276. The smallest absolute Gasteiger partial charge is 0.0889 e. The molecule has 0 bridgehead atoms. The first-order chi connectivity index (χ1) is 15.5. The predicted octanol–water partition coefficient (Wildman–Crippen LogP) is 7.11. The summed E-state index contributed by atoms with van der Waals surface area (Å²) in [5.41, 5.74) is 6.28. The van der Waals surface area contributed by atoms with Gasteiger partial charge in [0.05, 0.1) is 17.1 Å². The molecule has 0 radical (unpaired) electrons. The minimum Gasteiger partial charge on any atom is -0.261 e. The normalized spacial score (nSPS) is 13.3. The van der Waals surface area contributed by atoms with E-state index >= 15 is 0 Å². The van der Waals surface area contributed by atoms with E-state index in [4.69, 9.17) is 9.97 Å². The number of nitrogens with zero attached hydrogens (tertiary/aromatic N) is 3. The van der Waals surface area contributed by atoms with Gasteiger partial charge in [-0.25, -0.2) is 0 Å². The molecule has 0 spiro atoms. The van der Waals surface area contributed by atoms with Crippen molar-refractivity contribution in [3.63, 3.8) is 0 Å². The largest absolute Gasteiger partial charge is 0.261 e. The van der Waals surface area contributed by atoms with Crippen LogP contribution in [0.15, 0.2) is 91.1 Å². The van der Waals surface area contributed by atoms with Crippen LogP contribution in [0.5, 0.6) is 0 Å². The van der Waals surface area contributed by atoms with E-state index in [1.807, 2.05) is 18.3 Å². The summed E-state index contributed by atoms with van der Waals surface area (Å²) >= 11 is 0. The van der Waals surface area contributed by atoms with Crippen molar-refractivity contribution in [1.82, 2.24) is 15.0 Å². The highest BCUT2D eigenvalue weighted by atomic mass is 14.8. The molecule has 0 aliphatic heterocycles. The second kappa shape index (κ2) is 9.86. The number of pyridine rings is 3. The number of rotatable bonds is 7. The zero-order valence-corrected chi connectivity index (χ0v) is 19.3. The van der Waals surface area contributed by atoms with Gasteiger partial charge in [0.15, 0.2) is 0 Å². The summed E-state index contributed by atoms with van der Waals surface area (Å²) in [7, 11) is 0. The van der Waals surface area contributed by atoms with E-state index in [0.717, 1.165) is 28.5 Å². The lowest BCUT2D eigenvalue weighted by atomic mass is 9.85. The molecule has 0 amide bonds. The lowest BCUT2D eigenvalue weighted by Gasteiger charge is -2.22. The fourth-order valence-corrected chi connectivity index (χ4v) is 4.49. The molecule has 32 heavy (non-hydrogen) atoms.